The maximum Gasteiger partial charge on any atom is 0.117 e. The Bertz CT molecular complexity index is 500. The van der Waals surface area contributed by atoms with Crippen molar-refractivity contribution in [3.63, 3.8) is 0 Å². The molecule has 0 aromatic heterocycles. The van der Waals surface area contributed by atoms with Crippen LogP contribution in [-0.2, 0) is 12.8 Å². The summed E-state index contributed by atoms with van der Waals surface area (Å²) >= 11 is 6.29. The number of hydrogen-bond donors (Lipinski definition) is 0. The average Bonchev–Trinajstić information content (AvgIpc) is 2.48. The molecule has 0 radical (unpaired) electrons. The summed E-state index contributed by atoms with van der Waals surface area (Å²) in [5.41, 5.74) is 3.64. The SMILES string of the molecule is CCc1cc(CC)cc([SiH](CCl)c2ccccc2)c1. The molecule has 0 N–H and O–H groups in total. The highest BCUT2D eigenvalue weighted by Crippen LogP contribution is 2.07. The predicted octanol–water partition coefficient (Wildman–Crippen LogP) is 2.93. The molecular formula is C17H21ClSi. The zero-order valence-electron chi connectivity index (χ0n) is 11.7. The van der Waals surface area contributed by atoms with Crippen LogP contribution in [0.2, 0.25) is 0 Å². The Hall–Kier alpha value is -1.05. The molecule has 0 spiro atoms. The van der Waals surface area contributed by atoms with Crippen molar-refractivity contribution in [1.29, 1.82) is 0 Å². The number of hydrogen-bond acceptors (Lipinski definition) is 0. The maximum absolute atomic E-state index is 6.29. The Morgan fingerprint density at radius 1 is 0.842 bits per heavy atom. The van der Waals surface area contributed by atoms with E-state index in [0.29, 0.717) is 0 Å². The molecule has 2 aromatic carbocycles. The van der Waals surface area contributed by atoms with E-state index in [2.05, 4.69) is 62.4 Å². The van der Waals surface area contributed by atoms with Crippen LogP contribution in [0.25, 0.3) is 0 Å². The monoisotopic (exact) mass is 288 g/mol. The van der Waals surface area contributed by atoms with Crippen LogP contribution in [-0.4, -0.2) is 14.3 Å². The molecule has 19 heavy (non-hydrogen) atoms. The van der Waals surface area contributed by atoms with Gasteiger partial charge in [-0.15, -0.1) is 11.6 Å². The van der Waals surface area contributed by atoms with E-state index in [1.54, 1.807) is 0 Å². The highest BCUT2D eigenvalue weighted by Gasteiger charge is 2.15. The Kier molecular flexibility index (Phi) is 5.23. The first-order valence-electron chi connectivity index (χ1n) is 7.02. The Labute approximate surface area is 123 Å². The van der Waals surface area contributed by atoms with E-state index in [0.717, 1.165) is 18.3 Å². The summed E-state index contributed by atoms with van der Waals surface area (Å²) in [4.78, 5) is 0. The van der Waals surface area contributed by atoms with Gasteiger partial charge in [0.05, 0.1) is 0 Å². The summed E-state index contributed by atoms with van der Waals surface area (Å²) < 4.78 is 0. The van der Waals surface area contributed by atoms with Crippen LogP contribution in [0.3, 0.4) is 0 Å². The van der Waals surface area contributed by atoms with Crippen molar-refractivity contribution in [3.8, 4) is 0 Å². The zero-order valence-corrected chi connectivity index (χ0v) is 13.6. The smallest absolute Gasteiger partial charge is 0.117 e. The lowest BCUT2D eigenvalue weighted by Gasteiger charge is -2.16. The van der Waals surface area contributed by atoms with Crippen LogP contribution in [0.15, 0.2) is 48.5 Å². The molecule has 0 nitrogen and oxygen atoms in total. The van der Waals surface area contributed by atoms with Gasteiger partial charge in [0.1, 0.15) is 8.80 Å². The summed E-state index contributed by atoms with van der Waals surface area (Å²) in [5, 5.41) is 2.92. The lowest BCUT2D eigenvalue weighted by atomic mass is 10.1. The molecule has 0 saturated heterocycles. The molecule has 0 heterocycles. The average molecular weight is 289 g/mol. The molecule has 0 aliphatic heterocycles. The first-order chi connectivity index (χ1) is 9.28. The number of alkyl halides is 1. The first kappa shape index (κ1) is 14.4. The van der Waals surface area contributed by atoms with Crippen molar-refractivity contribution < 1.29 is 0 Å². The van der Waals surface area contributed by atoms with Gasteiger partial charge in [0.15, 0.2) is 0 Å². The van der Waals surface area contributed by atoms with Crippen molar-refractivity contribution in [1.82, 2.24) is 0 Å². The summed E-state index contributed by atoms with van der Waals surface area (Å²) in [6, 6.07) is 17.8. The molecule has 2 rings (SSSR count). The van der Waals surface area contributed by atoms with E-state index < -0.39 is 8.80 Å². The quantitative estimate of drug-likeness (QED) is 0.586. The summed E-state index contributed by atoms with van der Waals surface area (Å²) in [5.74, 6) is 0. The molecule has 1 unspecified atom stereocenters. The second kappa shape index (κ2) is 6.92. The number of aryl methyl sites for hydroxylation is 2. The molecular weight excluding hydrogens is 268 g/mol. The minimum atomic E-state index is -1.25. The summed E-state index contributed by atoms with van der Waals surface area (Å²) in [6.45, 7) is 4.44. The Morgan fingerprint density at radius 2 is 1.42 bits per heavy atom. The molecule has 0 aliphatic carbocycles. The normalized spacial score (nSPS) is 12.4. The Balaban J connectivity index is 2.43. The molecule has 0 bridgehead atoms. The lowest BCUT2D eigenvalue weighted by molar-refractivity contribution is 1.09. The van der Waals surface area contributed by atoms with Crippen LogP contribution < -0.4 is 10.4 Å². The van der Waals surface area contributed by atoms with Gasteiger partial charge < -0.3 is 0 Å². The molecule has 0 amide bonds. The van der Waals surface area contributed by atoms with Gasteiger partial charge in [-0.2, -0.15) is 0 Å². The van der Waals surface area contributed by atoms with Crippen molar-refractivity contribution >= 4 is 30.8 Å². The van der Waals surface area contributed by atoms with Gasteiger partial charge in [-0.1, -0.05) is 72.8 Å². The van der Waals surface area contributed by atoms with Gasteiger partial charge in [0, 0.05) is 5.50 Å². The summed E-state index contributed by atoms with van der Waals surface area (Å²) in [7, 11) is -1.25. The van der Waals surface area contributed by atoms with E-state index in [1.165, 1.54) is 21.5 Å². The second-order valence-electron chi connectivity index (χ2n) is 4.91. The molecule has 2 aromatic rings. The fourth-order valence-electron chi connectivity index (χ4n) is 2.46. The zero-order chi connectivity index (χ0) is 13.7. The van der Waals surface area contributed by atoms with Gasteiger partial charge in [-0.3, -0.25) is 0 Å². The van der Waals surface area contributed by atoms with E-state index in [-0.39, 0.29) is 0 Å². The molecule has 0 fully saturated rings. The van der Waals surface area contributed by atoms with Gasteiger partial charge in [-0.25, -0.2) is 0 Å². The van der Waals surface area contributed by atoms with Crippen LogP contribution in [0.5, 0.6) is 0 Å². The minimum absolute atomic E-state index is 0.764. The minimum Gasteiger partial charge on any atom is -0.130 e. The van der Waals surface area contributed by atoms with E-state index in [1.807, 2.05) is 0 Å². The molecule has 2 heteroatoms. The van der Waals surface area contributed by atoms with E-state index >= 15 is 0 Å². The lowest BCUT2D eigenvalue weighted by Crippen LogP contribution is -2.44. The van der Waals surface area contributed by atoms with Crippen molar-refractivity contribution in [2.45, 2.75) is 26.7 Å². The van der Waals surface area contributed by atoms with Crippen molar-refractivity contribution in [2.24, 2.45) is 0 Å². The number of benzene rings is 2. The highest BCUT2D eigenvalue weighted by atomic mass is 35.5. The number of rotatable bonds is 5. The topological polar surface area (TPSA) is 0 Å². The van der Waals surface area contributed by atoms with Gasteiger partial charge >= 0.3 is 0 Å². The molecule has 0 aliphatic rings. The van der Waals surface area contributed by atoms with Gasteiger partial charge in [0.25, 0.3) is 0 Å². The van der Waals surface area contributed by atoms with Crippen LogP contribution in [0.1, 0.15) is 25.0 Å². The fraction of sp³-hybridized carbons (Fsp3) is 0.294. The van der Waals surface area contributed by atoms with Gasteiger partial charge in [0.2, 0.25) is 0 Å². The summed E-state index contributed by atoms with van der Waals surface area (Å²) in [6.07, 6.45) is 2.19. The third kappa shape index (κ3) is 3.49. The predicted molar refractivity (Wildman–Crippen MR) is 88.8 cm³/mol. The van der Waals surface area contributed by atoms with E-state index in [9.17, 15) is 0 Å². The van der Waals surface area contributed by atoms with Gasteiger partial charge in [-0.05, 0) is 24.0 Å². The van der Waals surface area contributed by atoms with Crippen molar-refractivity contribution in [3.05, 3.63) is 59.7 Å². The van der Waals surface area contributed by atoms with Crippen molar-refractivity contribution in [2.75, 3.05) is 5.50 Å². The Morgan fingerprint density at radius 3 is 1.89 bits per heavy atom. The van der Waals surface area contributed by atoms with Crippen LogP contribution >= 0.6 is 11.6 Å². The van der Waals surface area contributed by atoms with Crippen LogP contribution in [0.4, 0.5) is 0 Å². The standard InChI is InChI=1S/C17H21ClSi/c1-3-14-10-15(4-2)12-17(11-14)19(13-18)16-8-6-5-7-9-16/h5-12,19H,3-4,13H2,1-2H3. The third-order valence-corrected chi connectivity index (χ3v) is 7.21. The van der Waals surface area contributed by atoms with E-state index in [4.69, 9.17) is 11.6 Å². The molecule has 100 valence electrons. The fourth-order valence-corrected chi connectivity index (χ4v) is 5.78. The second-order valence-corrected chi connectivity index (χ2v) is 8.58. The molecule has 0 saturated carbocycles. The highest BCUT2D eigenvalue weighted by molar-refractivity contribution is 6.89. The third-order valence-electron chi connectivity index (χ3n) is 3.65. The number of halogens is 1. The first-order valence-corrected chi connectivity index (χ1v) is 9.52. The maximum atomic E-state index is 6.29. The van der Waals surface area contributed by atoms with Crippen LogP contribution in [0, 0.1) is 0 Å². The molecule has 1 atom stereocenters. The largest absolute Gasteiger partial charge is 0.130 e.